The number of nitrogens with zero attached hydrogens (tertiary/aromatic N) is 4. The molecule has 0 saturated carbocycles. The Hall–Kier alpha value is -2.65. The molecule has 3 rings (SSSR count). The molecule has 10 heteroatoms. The van der Waals surface area contributed by atoms with Crippen LogP contribution >= 0.6 is 0 Å². The van der Waals surface area contributed by atoms with Crippen LogP contribution in [-0.4, -0.2) is 31.3 Å². The lowest BCUT2D eigenvalue weighted by Gasteiger charge is -2.03. The summed E-state index contributed by atoms with van der Waals surface area (Å²) >= 11 is 0. The number of imidazole rings is 1. The largest absolute Gasteiger partial charge is 0.448 e. The number of rotatable bonds is 4. The predicted molar refractivity (Wildman–Crippen MR) is 66.5 cm³/mol. The Morgan fingerprint density at radius 2 is 2.09 bits per heavy atom. The van der Waals surface area contributed by atoms with E-state index in [2.05, 4.69) is 25.1 Å². The lowest BCUT2D eigenvalue weighted by Crippen LogP contribution is -2.08. The van der Waals surface area contributed by atoms with Gasteiger partial charge in [0.1, 0.15) is 5.76 Å². The van der Waals surface area contributed by atoms with Crippen LogP contribution in [0.5, 0.6) is 0 Å². The molecule has 1 N–H and O–H groups in total. The first-order chi connectivity index (χ1) is 10.4. The third kappa shape index (κ3) is 3.00. The molecular weight excluding hydrogens is 303 g/mol. The number of hydrogen-bond donors (Lipinski definition) is 1. The highest BCUT2D eigenvalue weighted by Crippen LogP contribution is 2.27. The van der Waals surface area contributed by atoms with Gasteiger partial charge in [0.25, 0.3) is 5.89 Å². The van der Waals surface area contributed by atoms with E-state index in [0.717, 1.165) is 12.1 Å². The zero-order chi connectivity index (χ0) is 15.7. The van der Waals surface area contributed by atoms with Crippen LogP contribution in [0, 0.1) is 6.92 Å². The van der Waals surface area contributed by atoms with Crippen LogP contribution in [0.3, 0.4) is 0 Å². The number of oxazole rings is 1. The Balaban J connectivity index is 1.83. The van der Waals surface area contributed by atoms with Gasteiger partial charge in [-0.3, -0.25) is 0 Å². The second kappa shape index (κ2) is 5.28. The second-order valence-corrected chi connectivity index (χ2v) is 4.58. The van der Waals surface area contributed by atoms with Crippen molar-refractivity contribution in [3.8, 4) is 23.2 Å². The molecule has 0 atom stereocenters. The molecule has 0 fully saturated rings. The van der Waals surface area contributed by atoms with Crippen molar-refractivity contribution in [2.45, 2.75) is 25.9 Å². The summed E-state index contributed by atoms with van der Waals surface area (Å²) in [5.41, 5.74) is 0.917. The smallest absolute Gasteiger partial charge is 0.389 e. The van der Waals surface area contributed by atoms with E-state index in [0.29, 0.717) is 5.82 Å². The van der Waals surface area contributed by atoms with E-state index in [1.807, 2.05) is 6.92 Å². The highest BCUT2D eigenvalue weighted by Gasteiger charge is 2.29. The van der Waals surface area contributed by atoms with E-state index in [9.17, 15) is 13.2 Å². The second-order valence-electron chi connectivity index (χ2n) is 4.58. The van der Waals surface area contributed by atoms with Crippen molar-refractivity contribution >= 4 is 0 Å². The average molecular weight is 313 g/mol. The standard InChI is InChI=1S/C12H10F3N5O2/c1-6-4-16-9(18-6)10-19-11(22-20-10)8-7(21-5-17-8)2-3-12(13,14)15/h4-5H,2-3H2,1H3,(H,16,18). The van der Waals surface area contributed by atoms with Gasteiger partial charge in [0.15, 0.2) is 17.9 Å². The van der Waals surface area contributed by atoms with Crippen molar-refractivity contribution in [1.29, 1.82) is 0 Å². The Kier molecular flexibility index (Phi) is 3.43. The van der Waals surface area contributed by atoms with E-state index in [1.165, 1.54) is 0 Å². The van der Waals surface area contributed by atoms with E-state index >= 15 is 0 Å². The molecule has 0 aliphatic rings. The molecule has 3 aromatic rings. The number of alkyl halides is 3. The number of halogens is 3. The molecule has 0 aliphatic heterocycles. The summed E-state index contributed by atoms with van der Waals surface area (Å²) in [4.78, 5) is 14.9. The van der Waals surface area contributed by atoms with Crippen molar-refractivity contribution in [2.75, 3.05) is 0 Å². The van der Waals surface area contributed by atoms with Crippen LogP contribution in [-0.2, 0) is 6.42 Å². The van der Waals surface area contributed by atoms with Gasteiger partial charge in [-0.2, -0.15) is 18.2 Å². The summed E-state index contributed by atoms with van der Waals surface area (Å²) in [5.74, 6) is 0.610. The molecule has 0 amide bonds. The maximum atomic E-state index is 12.3. The Morgan fingerprint density at radius 3 is 2.77 bits per heavy atom. The number of aromatic amines is 1. The number of aromatic nitrogens is 5. The molecule has 0 unspecified atom stereocenters. The maximum absolute atomic E-state index is 12.3. The topological polar surface area (TPSA) is 93.6 Å². The lowest BCUT2D eigenvalue weighted by atomic mass is 10.2. The first-order valence-corrected chi connectivity index (χ1v) is 6.27. The van der Waals surface area contributed by atoms with Crippen LogP contribution in [0.15, 0.2) is 21.5 Å². The molecule has 3 heterocycles. The third-order valence-corrected chi connectivity index (χ3v) is 2.82. The number of H-pyrrole nitrogens is 1. The van der Waals surface area contributed by atoms with Crippen molar-refractivity contribution in [1.82, 2.24) is 25.1 Å². The monoisotopic (exact) mass is 313 g/mol. The fourth-order valence-corrected chi connectivity index (χ4v) is 1.82. The van der Waals surface area contributed by atoms with Crippen LogP contribution in [0.1, 0.15) is 17.9 Å². The first-order valence-electron chi connectivity index (χ1n) is 6.27. The zero-order valence-electron chi connectivity index (χ0n) is 11.3. The fraction of sp³-hybridized carbons (Fsp3) is 0.333. The molecule has 7 nitrogen and oxygen atoms in total. The van der Waals surface area contributed by atoms with Crippen LogP contribution in [0.4, 0.5) is 13.2 Å². The summed E-state index contributed by atoms with van der Waals surface area (Å²) < 4.78 is 46.8. The van der Waals surface area contributed by atoms with Gasteiger partial charge in [-0.25, -0.2) is 9.97 Å². The van der Waals surface area contributed by atoms with Gasteiger partial charge in [0.2, 0.25) is 5.82 Å². The number of hydrogen-bond acceptors (Lipinski definition) is 6. The minimum Gasteiger partial charge on any atom is -0.448 e. The third-order valence-electron chi connectivity index (χ3n) is 2.82. The van der Waals surface area contributed by atoms with Gasteiger partial charge in [0, 0.05) is 18.3 Å². The zero-order valence-corrected chi connectivity index (χ0v) is 11.3. The highest BCUT2D eigenvalue weighted by atomic mass is 19.4. The van der Waals surface area contributed by atoms with Gasteiger partial charge < -0.3 is 13.9 Å². The van der Waals surface area contributed by atoms with E-state index in [-0.39, 0.29) is 29.6 Å². The highest BCUT2D eigenvalue weighted by molar-refractivity contribution is 5.53. The van der Waals surface area contributed by atoms with Crippen molar-refractivity contribution in [3.63, 3.8) is 0 Å². The van der Waals surface area contributed by atoms with Crippen molar-refractivity contribution in [2.24, 2.45) is 0 Å². The molecular formula is C12H10F3N5O2. The summed E-state index contributed by atoms with van der Waals surface area (Å²) in [6.07, 6.45) is -3.02. The summed E-state index contributed by atoms with van der Waals surface area (Å²) in [6, 6.07) is 0. The summed E-state index contributed by atoms with van der Waals surface area (Å²) in [5, 5.41) is 3.72. The molecule has 0 bridgehead atoms. The van der Waals surface area contributed by atoms with Crippen molar-refractivity contribution in [3.05, 3.63) is 24.0 Å². The van der Waals surface area contributed by atoms with Gasteiger partial charge in [-0.05, 0) is 6.92 Å². The van der Waals surface area contributed by atoms with E-state index < -0.39 is 12.6 Å². The minimum absolute atomic E-state index is 0.0185. The molecule has 0 aromatic carbocycles. The summed E-state index contributed by atoms with van der Waals surface area (Å²) in [7, 11) is 0. The molecule has 0 spiro atoms. The molecule has 0 radical (unpaired) electrons. The normalized spacial score (nSPS) is 12.0. The lowest BCUT2D eigenvalue weighted by molar-refractivity contribution is -0.134. The van der Waals surface area contributed by atoms with Crippen LogP contribution < -0.4 is 0 Å². The average Bonchev–Trinajstić information content (AvgIpc) is 3.14. The van der Waals surface area contributed by atoms with Gasteiger partial charge in [-0.1, -0.05) is 5.16 Å². The molecule has 116 valence electrons. The van der Waals surface area contributed by atoms with Gasteiger partial charge in [-0.15, -0.1) is 0 Å². The van der Waals surface area contributed by atoms with E-state index in [4.69, 9.17) is 8.94 Å². The molecule has 3 aromatic heterocycles. The van der Waals surface area contributed by atoms with Crippen molar-refractivity contribution < 1.29 is 22.1 Å². The fourth-order valence-electron chi connectivity index (χ4n) is 1.82. The molecule has 0 saturated heterocycles. The quantitative estimate of drug-likeness (QED) is 0.796. The Labute approximate surface area is 121 Å². The predicted octanol–water partition coefficient (Wildman–Crippen LogP) is 2.92. The number of aryl methyl sites for hydroxylation is 2. The Bertz CT molecular complexity index is 774. The Morgan fingerprint density at radius 1 is 1.27 bits per heavy atom. The molecule has 22 heavy (non-hydrogen) atoms. The summed E-state index contributed by atoms with van der Waals surface area (Å²) in [6.45, 7) is 1.81. The SMILES string of the molecule is Cc1cnc(-c2noc(-c3ncoc3CCC(F)(F)F)n2)[nH]1. The van der Waals surface area contributed by atoms with Crippen LogP contribution in [0.2, 0.25) is 0 Å². The van der Waals surface area contributed by atoms with E-state index in [1.54, 1.807) is 6.20 Å². The minimum atomic E-state index is -4.28. The first kappa shape index (κ1) is 14.3. The van der Waals surface area contributed by atoms with Gasteiger partial charge in [0.05, 0.1) is 6.42 Å². The van der Waals surface area contributed by atoms with Gasteiger partial charge >= 0.3 is 6.18 Å². The molecule has 0 aliphatic carbocycles. The van der Waals surface area contributed by atoms with Crippen LogP contribution in [0.25, 0.3) is 23.2 Å². The number of nitrogens with one attached hydrogen (secondary N) is 1. The maximum Gasteiger partial charge on any atom is 0.389 e.